The van der Waals surface area contributed by atoms with Gasteiger partial charge in [-0.2, -0.15) is 0 Å². The van der Waals surface area contributed by atoms with Crippen LogP contribution >= 0.6 is 0 Å². The molecule has 3 heteroatoms. The van der Waals surface area contributed by atoms with Gasteiger partial charge in [-0.15, -0.1) is 0 Å². The second kappa shape index (κ2) is 4.40. The van der Waals surface area contributed by atoms with E-state index >= 15 is 0 Å². The summed E-state index contributed by atoms with van der Waals surface area (Å²) in [5, 5.41) is 0. The van der Waals surface area contributed by atoms with E-state index in [1.54, 1.807) is 0 Å². The van der Waals surface area contributed by atoms with Gasteiger partial charge in [-0.3, -0.25) is 0 Å². The second-order valence-corrected chi connectivity index (χ2v) is 4.47. The highest BCUT2D eigenvalue weighted by molar-refractivity contribution is 4.64. The zero-order valence-corrected chi connectivity index (χ0v) is 9.00. The molecule has 1 fully saturated rings. The lowest BCUT2D eigenvalue weighted by Crippen LogP contribution is -2.31. The maximum Gasteiger partial charge on any atom is 0.160 e. The van der Waals surface area contributed by atoms with Crippen LogP contribution in [0, 0.1) is 0 Å². The Morgan fingerprint density at radius 1 is 1.31 bits per heavy atom. The maximum atomic E-state index is 5.73. The van der Waals surface area contributed by atoms with Crippen molar-refractivity contribution in [1.82, 2.24) is 0 Å². The Morgan fingerprint density at radius 2 is 2.00 bits per heavy atom. The molecule has 0 saturated carbocycles. The summed E-state index contributed by atoms with van der Waals surface area (Å²) in [4.78, 5) is 0. The molecule has 1 aliphatic heterocycles. The van der Waals surface area contributed by atoms with Gasteiger partial charge in [0, 0.05) is 6.42 Å². The second-order valence-electron chi connectivity index (χ2n) is 4.47. The lowest BCUT2D eigenvalue weighted by molar-refractivity contribution is -0.208. The van der Waals surface area contributed by atoms with Gasteiger partial charge in [-0.25, -0.2) is 0 Å². The van der Waals surface area contributed by atoms with Crippen LogP contribution < -0.4 is 0 Å². The molecule has 1 saturated heterocycles. The molecule has 0 radical (unpaired) electrons. The van der Waals surface area contributed by atoms with Gasteiger partial charge in [0.05, 0.1) is 24.9 Å². The smallest absolute Gasteiger partial charge is 0.160 e. The summed E-state index contributed by atoms with van der Waals surface area (Å²) in [6.07, 6.45) is 0.842. The van der Waals surface area contributed by atoms with E-state index in [4.69, 9.17) is 14.2 Å². The summed E-state index contributed by atoms with van der Waals surface area (Å²) in [5.74, 6) is 0. The molecular weight excluding hydrogens is 168 g/mol. The highest BCUT2D eigenvalue weighted by Crippen LogP contribution is 2.17. The molecule has 0 aromatic carbocycles. The Hall–Kier alpha value is -0.120. The number of rotatable bonds is 1. The van der Waals surface area contributed by atoms with Gasteiger partial charge < -0.3 is 14.2 Å². The standard InChI is InChI=1S/C10H20O3/c1-8-7-11-6-5-9(12-8)13-10(2,3)4/h8-9H,5-7H2,1-4H3/t8-,9+/m0/s1. The molecule has 0 spiro atoms. The van der Waals surface area contributed by atoms with Gasteiger partial charge in [-0.05, 0) is 27.7 Å². The molecule has 0 aromatic heterocycles. The zero-order chi connectivity index (χ0) is 9.90. The van der Waals surface area contributed by atoms with Gasteiger partial charge in [-0.1, -0.05) is 0 Å². The van der Waals surface area contributed by atoms with Crippen molar-refractivity contribution in [2.24, 2.45) is 0 Å². The van der Waals surface area contributed by atoms with Crippen LogP contribution in [0.1, 0.15) is 34.1 Å². The fourth-order valence-corrected chi connectivity index (χ4v) is 1.28. The molecule has 1 aliphatic rings. The fourth-order valence-electron chi connectivity index (χ4n) is 1.28. The van der Waals surface area contributed by atoms with Gasteiger partial charge in [0.2, 0.25) is 0 Å². The van der Waals surface area contributed by atoms with E-state index in [1.807, 2.05) is 27.7 Å². The van der Waals surface area contributed by atoms with Gasteiger partial charge >= 0.3 is 0 Å². The topological polar surface area (TPSA) is 27.7 Å². The number of hydrogen-bond donors (Lipinski definition) is 0. The van der Waals surface area contributed by atoms with Crippen LogP contribution in [0.3, 0.4) is 0 Å². The van der Waals surface area contributed by atoms with E-state index in [9.17, 15) is 0 Å². The van der Waals surface area contributed by atoms with Crippen LogP contribution in [-0.4, -0.2) is 31.2 Å². The predicted molar refractivity (Wildman–Crippen MR) is 50.6 cm³/mol. The summed E-state index contributed by atoms with van der Waals surface area (Å²) in [5.41, 5.74) is -0.144. The average molecular weight is 188 g/mol. The first-order valence-corrected chi connectivity index (χ1v) is 4.88. The van der Waals surface area contributed by atoms with Crippen LogP contribution in [0.25, 0.3) is 0 Å². The third-order valence-electron chi connectivity index (χ3n) is 1.72. The Kier molecular flexibility index (Phi) is 3.71. The van der Waals surface area contributed by atoms with E-state index in [2.05, 4.69) is 0 Å². The van der Waals surface area contributed by atoms with Crippen LogP contribution in [0.5, 0.6) is 0 Å². The third-order valence-corrected chi connectivity index (χ3v) is 1.72. The van der Waals surface area contributed by atoms with Crippen molar-refractivity contribution in [3.63, 3.8) is 0 Å². The molecule has 0 aromatic rings. The summed E-state index contributed by atoms with van der Waals surface area (Å²) < 4.78 is 16.7. The van der Waals surface area contributed by atoms with Crippen molar-refractivity contribution >= 4 is 0 Å². The molecule has 1 heterocycles. The van der Waals surface area contributed by atoms with Gasteiger partial charge in [0.25, 0.3) is 0 Å². The van der Waals surface area contributed by atoms with E-state index < -0.39 is 0 Å². The molecule has 3 nitrogen and oxygen atoms in total. The predicted octanol–water partition coefficient (Wildman–Crippen LogP) is 1.95. The van der Waals surface area contributed by atoms with Crippen LogP contribution in [0.2, 0.25) is 0 Å². The quantitative estimate of drug-likeness (QED) is 0.629. The largest absolute Gasteiger partial charge is 0.379 e. The highest BCUT2D eigenvalue weighted by Gasteiger charge is 2.23. The molecule has 0 aliphatic carbocycles. The minimum atomic E-state index is -0.144. The van der Waals surface area contributed by atoms with E-state index in [0.29, 0.717) is 6.61 Å². The minimum absolute atomic E-state index is 0.113. The molecule has 2 atom stereocenters. The van der Waals surface area contributed by atoms with Crippen LogP contribution in [-0.2, 0) is 14.2 Å². The van der Waals surface area contributed by atoms with Crippen LogP contribution in [0.4, 0.5) is 0 Å². The molecule has 78 valence electrons. The Balaban J connectivity index is 2.39. The number of ether oxygens (including phenoxy) is 3. The van der Waals surface area contributed by atoms with Gasteiger partial charge in [0.15, 0.2) is 6.29 Å². The highest BCUT2D eigenvalue weighted by atomic mass is 16.7. The van der Waals surface area contributed by atoms with Crippen molar-refractivity contribution in [2.75, 3.05) is 13.2 Å². The molecular formula is C10H20O3. The summed E-state index contributed by atoms with van der Waals surface area (Å²) in [6.45, 7) is 9.51. The molecule has 13 heavy (non-hydrogen) atoms. The monoisotopic (exact) mass is 188 g/mol. The summed E-state index contributed by atoms with van der Waals surface area (Å²) in [7, 11) is 0. The molecule has 0 unspecified atom stereocenters. The van der Waals surface area contributed by atoms with E-state index in [-0.39, 0.29) is 18.0 Å². The van der Waals surface area contributed by atoms with Crippen molar-refractivity contribution in [2.45, 2.75) is 52.1 Å². The molecule has 0 bridgehead atoms. The Morgan fingerprint density at radius 3 is 2.62 bits per heavy atom. The fraction of sp³-hybridized carbons (Fsp3) is 1.00. The van der Waals surface area contributed by atoms with Crippen molar-refractivity contribution in [3.05, 3.63) is 0 Å². The van der Waals surface area contributed by atoms with Crippen molar-refractivity contribution in [3.8, 4) is 0 Å². The molecule has 1 rings (SSSR count). The lowest BCUT2D eigenvalue weighted by Gasteiger charge is -2.27. The van der Waals surface area contributed by atoms with Crippen molar-refractivity contribution in [1.29, 1.82) is 0 Å². The van der Waals surface area contributed by atoms with Crippen molar-refractivity contribution < 1.29 is 14.2 Å². The van der Waals surface area contributed by atoms with Crippen LogP contribution in [0.15, 0.2) is 0 Å². The SMILES string of the molecule is C[C@H]1COCC[C@@H](OC(C)(C)C)O1. The van der Waals surface area contributed by atoms with E-state index in [1.165, 1.54) is 0 Å². The third kappa shape index (κ3) is 4.60. The average Bonchev–Trinajstić information content (AvgIpc) is 2.10. The first-order valence-electron chi connectivity index (χ1n) is 4.88. The molecule has 0 amide bonds. The minimum Gasteiger partial charge on any atom is -0.379 e. The lowest BCUT2D eigenvalue weighted by atomic mass is 10.2. The summed E-state index contributed by atoms with van der Waals surface area (Å²) >= 11 is 0. The first kappa shape index (κ1) is 11.0. The number of hydrogen-bond acceptors (Lipinski definition) is 3. The maximum absolute atomic E-state index is 5.73. The molecule has 0 N–H and O–H groups in total. The normalized spacial score (nSPS) is 31.4. The zero-order valence-electron chi connectivity index (χ0n) is 9.00. The Labute approximate surface area is 80.4 Å². The van der Waals surface area contributed by atoms with Gasteiger partial charge in [0.1, 0.15) is 0 Å². The summed E-state index contributed by atoms with van der Waals surface area (Å²) in [6, 6.07) is 0. The Bertz CT molecular complexity index is 151. The first-order chi connectivity index (χ1) is 5.97. The van der Waals surface area contributed by atoms with E-state index in [0.717, 1.165) is 13.0 Å².